The molecule has 2 aromatic heterocycles. The summed E-state index contributed by atoms with van der Waals surface area (Å²) in [5, 5.41) is 10.0. The Morgan fingerprint density at radius 3 is 2.25 bits per heavy atom. The van der Waals surface area contributed by atoms with Crippen LogP contribution < -0.4 is 10.3 Å². The molecule has 60 heavy (non-hydrogen) atoms. The third-order valence-electron chi connectivity index (χ3n) is 17.5. The topological polar surface area (TPSA) is 116 Å². The van der Waals surface area contributed by atoms with Crippen molar-refractivity contribution in [3.8, 4) is 11.6 Å². The number of likely N-dealkylation sites (N-methyl/N-ethyl adjacent to an activating group) is 1. The number of nitrogens with zero attached hydrogens (tertiary/aromatic N) is 4. The van der Waals surface area contributed by atoms with E-state index in [1.807, 2.05) is 6.07 Å². The second-order valence-corrected chi connectivity index (χ2v) is 22.1. The second-order valence-electron chi connectivity index (χ2n) is 21.8. The van der Waals surface area contributed by atoms with Gasteiger partial charge in [-0.1, -0.05) is 78.1 Å². The standard InChI is InChI=1S/C49H75ClN4O6/c1-15-49(41-40(50)42(56)54(53(41)27-26-52(12)13)32-16-19-37(59-14)51-29-32)25-24-47(10)33(39(49)31(4)30(2)3)17-18-35-46(9)22-21-36(60-38(55)28-44(5,6)43(57)58)45(7,8)34(46)20-23-48(35,47)11/h16,19,29-30,33-36H,15,17-18,20-28H2,1-14H3,(H,57,58). The van der Waals surface area contributed by atoms with Gasteiger partial charge in [-0.05, 0) is 139 Å². The van der Waals surface area contributed by atoms with Crippen LogP contribution >= 0.6 is 11.6 Å². The summed E-state index contributed by atoms with van der Waals surface area (Å²) in [5.74, 6) is 0.581. The fourth-order valence-electron chi connectivity index (χ4n) is 13.7. The van der Waals surface area contributed by atoms with Crippen LogP contribution in [-0.4, -0.2) is 70.1 Å². The number of ether oxygens (including phenoxy) is 2. The van der Waals surface area contributed by atoms with Crippen LogP contribution in [0.4, 0.5) is 0 Å². The number of carbonyl (C=O) groups is 2. The number of halogens is 1. The van der Waals surface area contributed by atoms with Gasteiger partial charge in [-0.15, -0.1) is 0 Å². The van der Waals surface area contributed by atoms with Crippen LogP contribution in [0.15, 0.2) is 34.3 Å². The van der Waals surface area contributed by atoms with Crippen LogP contribution in [0.3, 0.4) is 0 Å². The predicted molar refractivity (Wildman–Crippen MR) is 239 cm³/mol. The molecular formula is C49H75ClN4O6. The number of fused-ring (bicyclic) bond motifs is 5. The summed E-state index contributed by atoms with van der Waals surface area (Å²) >= 11 is 7.46. The van der Waals surface area contributed by atoms with Crippen LogP contribution in [-0.2, 0) is 26.3 Å². The Morgan fingerprint density at radius 2 is 1.68 bits per heavy atom. The van der Waals surface area contributed by atoms with Crippen molar-refractivity contribution in [1.29, 1.82) is 0 Å². The van der Waals surface area contributed by atoms with E-state index in [0.717, 1.165) is 70.0 Å². The van der Waals surface area contributed by atoms with Gasteiger partial charge in [-0.25, -0.2) is 9.67 Å². The number of esters is 1. The number of carboxylic acid groups (broad SMARTS) is 1. The van der Waals surface area contributed by atoms with Crippen molar-refractivity contribution < 1.29 is 24.2 Å². The van der Waals surface area contributed by atoms with E-state index >= 15 is 0 Å². The summed E-state index contributed by atoms with van der Waals surface area (Å²) in [4.78, 5) is 46.3. The number of pyridine rings is 1. The van der Waals surface area contributed by atoms with Crippen molar-refractivity contribution in [1.82, 2.24) is 19.2 Å². The highest BCUT2D eigenvalue weighted by molar-refractivity contribution is 6.31. The van der Waals surface area contributed by atoms with E-state index in [4.69, 9.17) is 21.1 Å². The molecular weight excluding hydrogens is 776 g/mol. The SMILES string of the molecule is CCC1(c2c(Cl)c(=O)n(-c3ccc(OC)nc3)n2CCN(C)C)CCC2(C)C(CCC3C4(C)CCC(OC(=O)CC(C)(C)C(=O)O)C(C)(C)C4CCC32C)C1=C(C)C(C)C. The monoisotopic (exact) mass is 851 g/mol. The lowest BCUT2D eigenvalue weighted by Gasteiger charge is -2.72. The third kappa shape index (κ3) is 7.19. The normalized spacial score (nSPS) is 33.5. The first-order chi connectivity index (χ1) is 27.9. The Morgan fingerprint density at radius 1 is 1.00 bits per heavy atom. The van der Waals surface area contributed by atoms with Gasteiger partial charge in [-0.2, -0.15) is 0 Å². The Bertz CT molecular complexity index is 2050. The number of methoxy groups -OCH3 is 1. The van der Waals surface area contributed by atoms with Gasteiger partial charge < -0.3 is 19.5 Å². The fourth-order valence-corrected chi connectivity index (χ4v) is 14.1. The molecule has 6 rings (SSSR count). The highest BCUT2D eigenvalue weighted by Gasteiger charge is 2.69. The van der Waals surface area contributed by atoms with E-state index in [-0.39, 0.29) is 39.7 Å². The molecule has 1 N–H and O–H groups in total. The Hall–Kier alpha value is -3.11. The maximum atomic E-state index is 14.6. The van der Waals surface area contributed by atoms with E-state index in [9.17, 15) is 19.5 Å². The van der Waals surface area contributed by atoms with Gasteiger partial charge in [0, 0.05) is 23.4 Å². The second kappa shape index (κ2) is 16.2. The van der Waals surface area contributed by atoms with E-state index in [0.29, 0.717) is 46.8 Å². The van der Waals surface area contributed by atoms with Gasteiger partial charge in [0.15, 0.2) is 0 Å². The molecule has 8 unspecified atom stereocenters. The highest BCUT2D eigenvalue weighted by atomic mass is 35.5. The van der Waals surface area contributed by atoms with Gasteiger partial charge in [0.25, 0.3) is 5.56 Å². The molecule has 0 aromatic carbocycles. The van der Waals surface area contributed by atoms with Gasteiger partial charge in [0.1, 0.15) is 11.1 Å². The molecule has 334 valence electrons. The lowest BCUT2D eigenvalue weighted by Crippen LogP contribution is -2.66. The molecule has 4 saturated carbocycles. The third-order valence-corrected chi connectivity index (χ3v) is 17.9. The largest absolute Gasteiger partial charge is 0.481 e. The molecule has 0 amide bonds. The van der Waals surface area contributed by atoms with E-state index in [1.54, 1.807) is 37.9 Å². The van der Waals surface area contributed by atoms with Crippen molar-refractivity contribution in [2.24, 2.45) is 50.7 Å². The zero-order chi connectivity index (χ0) is 44.5. The number of carboxylic acids is 1. The average Bonchev–Trinajstić information content (AvgIpc) is 3.43. The molecule has 4 aliphatic carbocycles. The van der Waals surface area contributed by atoms with Crippen LogP contribution in [0.25, 0.3) is 5.69 Å². The van der Waals surface area contributed by atoms with Crippen LogP contribution in [0, 0.1) is 50.7 Å². The van der Waals surface area contributed by atoms with E-state index in [1.165, 1.54) is 11.1 Å². The minimum Gasteiger partial charge on any atom is -0.481 e. The molecule has 8 atom stereocenters. The molecule has 2 aromatic rings. The summed E-state index contributed by atoms with van der Waals surface area (Å²) < 4.78 is 15.5. The predicted octanol–water partition coefficient (Wildman–Crippen LogP) is 10.4. The van der Waals surface area contributed by atoms with Crippen LogP contribution in [0.1, 0.15) is 146 Å². The number of carbonyl (C=O) groups excluding carboxylic acids is 1. The first kappa shape index (κ1) is 46.4. The van der Waals surface area contributed by atoms with Gasteiger partial charge in [0.05, 0.1) is 43.1 Å². The maximum absolute atomic E-state index is 14.6. The highest BCUT2D eigenvalue weighted by Crippen LogP contribution is 2.76. The molecule has 0 spiro atoms. The average molecular weight is 852 g/mol. The van der Waals surface area contributed by atoms with Crippen LogP contribution in [0.2, 0.25) is 5.02 Å². The van der Waals surface area contributed by atoms with Crippen molar-refractivity contribution in [3.63, 3.8) is 0 Å². The minimum absolute atomic E-state index is 0.00757. The lowest BCUT2D eigenvalue weighted by molar-refractivity contribution is -0.232. The fraction of sp³-hybridized carbons (Fsp3) is 0.755. The number of rotatable bonds is 12. The Labute approximate surface area is 364 Å². The van der Waals surface area contributed by atoms with Gasteiger partial charge >= 0.3 is 11.9 Å². The maximum Gasteiger partial charge on any atom is 0.309 e. The number of allylic oxidation sites excluding steroid dienone is 2. The van der Waals surface area contributed by atoms with Gasteiger partial charge in [0.2, 0.25) is 5.88 Å². The first-order valence-electron chi connectivity index (χ1n) is 22.7. The molecule has 2 heterocycles. The summed E-state index contributed by atoms with van der Waals surface area (Å²) in [7, 11) is 5.72. The van der Waals surface area contributed by atoms with E-state index in [2.05, 4.69) is 91.0 Å². The van der Waals surface area contributed by atoms with Gasteiger partial charge in [-0.3, -0.25) is 19.1 Å². The number of hydrogen-bond donors (Lipinski definition) is 1. The zero-order valence-corrected chi connectivity index (χ0v) is 40.0. The molecule has 0 saturated heterocycles. The smallest absolute Gasteiger partial charge is 0.309 e. The molecule has 0 bridgehead atoms. The Kier molecular flexibility index (Phi) is 12.5. The first-order valence-corrected chi connectivity index (χ1v) is 23.1. The summed E-state index contributed by atoms with van der Waals surface area (Å²) in [5.41, 5.74) is 2.59. The molecule has 11 heteroatoms. The number of aliphatic carboxylic acids is 1. The molecule has 10 nitrogen and oxygen atoms in total. The minimum atomic E-state index is -1.17. The van der Waals surface area contributed by atoms with Crippen molar-refractivity contribution in [2.45, 2.75) is 158 Å². The van der Waals surface area contributed by atoms with E-state index < -0.39 is 22.8 Å². The Balaban J connectivity index is 1.42. The van der Waals surface area contributed by atoms with Crippen LogP contribution in [0.5, 0.6) is 5.88 Å². The number of aromatic nitrogens is 3. The van der Waals surface area contributed by atoms with Crippen molar-refractivity contribution >= 4 is 23.5 Å². The summed E-state index contributed by atoms with van der Waals surface area (Å²) in [6, 6.07) is 3.69. The summed E-state index contributed by atoms with van der Waals surface area (Å²) in [6.45, 7) is 26.2. The lowest BCUT2D eigenvalue weighted by atomic mass is 9.32. The van der Waals surface area contributed by atoms with Crippen molar-refractivity contribution in [3.05, 3.63) is 50.5 Å². The molecule has 4 aliphatic rings. The molecule has 0 aliphatic heterocycles. The number of hydrogen-bond acceptors (Lipinski definition) is 7. The quantitative estimate of drug-likeness (QED) is 0.166. The molecule has 0 radical (unpaired) electrons. The summed E-state index contributed by atoms with van der Waals surface area (Å²) in [6.07, 6.45) is 10.2. The van der Waals surface area contributed by atoms with Crippen molar-refractivity contribution in [2.75, 3.05) is 27.7 Å². The molecule has 4 fully saturated rings. The zero-order valence-electron chi connectivity index (χ0n) is 39.3.